The molecule has 4 rings (SSSR count). The second-order valence-electron chi connectivity index (χ2n) is 8.55. The molecule has 2 aliphatic rings. The van der Waals surface area contributed by atoms with Crippen LogP contribution in [0.5, 0.6) is 0 Å². The molecular weight excluding hydrogens is 400 g/mol. The molecule has 0 spiro atoms. The Kier molecular flexibility index (Phi) is 6.32. The van der Waals surface area contributed by atoms with Gasteiger partial charge < -0.3 is 15.1 Å². The molecular formula is C24H27F2N3O2. The molecule has 3 atom stereocenters. The van der Waals surface area contributed by atoms with E-state index in [0.717, 1.165) is 18.7 Å². The van der Waals surface area contributed by atoms with Gasteiger partial charge in [0.1, 0.15) is 11.6 Å². The van der Waals surface area contributed by atoms with Crippen molar-refractivity contribution in [3.8, 4) is 0 Å². The van der Waals surface area contributed by atoms with Gasteiger partial charge in [-0.2, -0.15) is 0 Å². The minimum absolute atomic E-state index is 0.0879. The Morgan fingerprint density at radius 1 is 0.935 bits per heavy atom. The van der Waals surface area contributed by atoms with Gasteiger partial charge in [-0.25, -0.2) is 8.78 Å². The van der Waals surface area contributed by atoms with Gasteiger partial charge in [-0.1, -0.05) is 18.2 Å². The maximum absolute atomic E-state index is 13.5. The summed E-state index contributed by atoms with van der Waals surface area (Å²) in [5.74, 6) is -1.44. The lowest BCUT2D eigenvalue weighted by atomic mass is 9.87. The summed E-state index contributed by atoms with van der Waals surface area (Å²) < 4.78 is 27.0. The highest BCUT2D eigenvalue weighted by atomic mass is 19.1. The van der Waals surface area contributed by atoms with Crippen molar-refractivity contribution in [1.29, 1.82) is 0 Å². The first kappa shape index (κ1) is 21.4. The SMILES string of the molecule is CN1CCN(C(=O)[C@H]2C[C@@H](NC(=O)c3cccc(F)c3)C[C@@H]2c2ccc(F)cc2)CC1. The van der Waals surface area contributed by atoms with E-state index in [9.17, 15) is 18.4 Å². The first-order valence-corrected chi connectivity index (χ1v) is 10.7. The summed E-state index contributed by atoms with van der Waals surface area (Å²) in [6, 6.07) is 11.6. The molecule has 1 aliphatic heterocycles. The standard InChI is InChI=1S/C24H27F2N3O2/c1-28-9-11-29(12-10-28)24(31)22-15-20(14-21(22)16-5-7-18(25)8-6-16)27-23(30)17-3-2-4-19(26)13-17/h2-8,13,20-22H,9-12,14-15H2,1H3,(H,27,30)/t20-,21+,22-/m0/s1. The summed E-state index contributed by atoms with van der Waals surface area (Å²) in [5.41, 5.74) is 1.16. The van der Waals surface area contributed by atoms with Gasteiger partial charge in [0.05, 0.1) is 0 Å². The van der Waals surface area contributed by atoms with Crippen molar-refractivity contribution in [1.82, 2.24) is 15.1 Å². The van der Waals surface area contributed by atoms with Crippen LogP contribution in [0.2, 0.25) is 0 Å². The van der Waals surface area contributed by atoms with Gasteiger partial charge in [0.25, 0.3) is 5.91 Å². The summed E-state index contributed by atoms with van der Waals surface area (Å²) in [7, 11) is 2.04. The number of halogens is 2. The van der Waals surface area contributed by atoms with E-state index in [1.807, 2.05) is 11.9 Å². The van der Waals surface area contributed by atoms with Gasteiger partial charge >= 0.3 is 0 Å². The first-order valence-electron chi connectivity index (χ1n) is 10.7. The molecule has 0 aromatic heterocycles. The topological polar surface area (TPSA) is 52.6 Å². The van der Waals surface area contributed by atoms with E-state index in [4.69, 9.17) is 0 Å². The van der Waals surface area contributed by atoms with Gasteiger partial charge in [-0.05, 0) is 61.7 Å². The van der Waals surface area contributed by atoms with Crippen LogP contribution in [0.4, 0.5) is 8.78 Å². The lowest BCUT2D eigenvalue weighted by Crippen LogP contribution is -2.49. The second kappa shape index (κ2) is 9.14. The van der Waals surface area contributed by atoms with Crippen molar-refractivity contribution in [3.63, 3.8) is 0 Å². The highest BCUT2D eigenvalue weighted by molar-refractivity contribution is 5.94. The lowest BCUT2D eigenvalue weighted by molar-refractivity contribution is -0.137. The predicted octanol–water partition coefficient (Wildman–Crippen LogP) is 3.03. The van der Waals surface area contributed by atoms with E-state index in [1.54, 1.807) is 18.2 Å². The molecule has 0 unspecified atom stereocenters. The molecule has 1 aliphatic carbocycles. The molecule has 5 nitrogen and oxygen atoms in total. The fourth-order valence-corrected chi connectivity index (χ4v) is 4.67. The van der Waals surface area contributed by atoms with E-state index in [-0.39, 0.29) is 41.1 Å². The van der Waals surface area contributed by atoms with Crippen LogP contribution in [-0.2, 0) is 4.79 Å². The van der Waals surface area contributed by atoms with Crippen LogP contribution in [0.25, 0.3) is 0 Å². The predicted molar refractivity (Wildman–Crippen MR) is 114 cm³/mol. The van der Waals surface area contributed by atoms with Crippen molar-refractivity contribution in [2.24, 2.45) is 5.92 Å². The van der Waals surface area contributed by atoms with Crippen LogP contribution in [0.1, 0.15) is 34.7 Å². The molecule has 1 heterocycles. The van der Waals surface area contributed by atoms with E-state index < -0.39 is 5.82 Å². The number of piperazine rings is 1. The number of benzene rings is 2. The average molecular weight is 427 g/mol. The number of amides is 2. The summed E-state index contributed by atoms with van der Waals surface area (Å²) in [4.78, 5) is 30.1. The minimum Gasteiger partial charge on any atom is -0.349 e. The number of hydrogen-bond acceptors (Lipinski definition) is 3. The summed E-state index contributed by atoms with van der Waals surface area (Å²) in [5, 5.41) is 2.97. The highest BCUT2D eigenvalue weighted by Crippen LogP contribution is 2.41. The zero-order valence-corrected chi connectivity index (χ0v) is 17.6. The number of likely N-dealkylation sites (N-methyl/N-ethyl adjacent to an activating group) is 1. The molecule has 0 bridgehead atoms. The van der Waals surface area contributed by atoms with Gasteiger partial charge in [0.15, 0.2) is 0 Å². The molecule has 31 heavy (non-hydrogen) atoms. The van der Waals surface area contributed by atoms with Crippen LogP contribution in [0.15, 0.2) is 48.5 Å². The number of nitrogens with zero attached hydrogens (tertiary/aromatic N) is 2. The molecule has 164 valence electrons. The van der Waals surface area contributed by atoms with E-state index in [0.29, 0.717) is 25.9 Å². The first-order chi connectivity index (χ1) is 14.9. The van der Waals surface area contributed by atoms with E-state index >= 15 is 0 Å². The zero-order valence-electron chi connectivity index (χ0n) is 17.6. The maximum Gasteiger partial charge on any atom is 0.251 e. The summed E-state index contributed by atoms with van der Waals surface area (Å²) >= 11 is 0. The summed E-state index contributed by atoms with van der Waals surface area (Å²) in [6.07, 6.45) is 1.09. The Morgan fingerprint density at radius 3 is 2.32 bits per heavy atom. The highest BCUT2D eigenvalue weighted by Gasteiger charge is 2.42. The smallest absolute Gasteiger partial charge is 0.251 e. The third kappa shape index (κ3) is 4.93. The fraction of sp³-hybridized carbons (Fsp3) is 0.417. The number of rotatable bonds is 4. The monoisotopic (exact) mass is 427 g/mol. The van der Waals surface area contributed by atoms with Crippen molar-refractivity contribution >= 4 is 11.8 Å². The van der Waals surface area contributed by atoms with E-state index in [2.05, 4.69) is 10.2 Å². The Labute approximate surface area is 181 Å². The summed E-state index contributed by atoms with van der Waals surface area (Å²) in [6.45, 7) is 3.03. The number of nitrogens with one attached hydrogen (secondary N) is 1. The molecule has 0 radical (unpaired) electrons. The van der Waals surface area contributed by atoms with Crippen molar-refractivity contribution < 1.29 is 18.4 Å². The Balaban J connectivity index is 1.52. The van der Waals surface area contributed by atoms with Crippen molar-refractivity contribution in [2.75, 3.05) is 33.2 Å². The molecule has 1 N–H and O–H groups in total. The minimum atomic E-state index is -0.466. The number of carbonyl (C=O) groups excluding carboxylic acids is 2. The average Bonchev–Trinajstić information content (AvgIpc) is 3.18. The normalized spacial score (nSPS) is 24.2. The quantitative estimate of drug-likeness (QED) is 0.816. The number of carbonyl (C=O) groups is 2. The Bertz CT molecular complexity index is 942. The van der Waals surface area contributed by atoms with Crippen LogP contribution in [0.3, 0.4) is 0 Å². The maximum atomic E-state index is 13.5. The lowest BCUT2D eigenvalue weighted by Gasteiger charge is -2.35. The Morgan fingerprint density at radius 2 is 1.65 bits per heavy atom. The molecule has 2 aromatic carbocycles. The van der Waals surface area contributed by atoms with Crippen molar-refractivity contribution in [2.45, 2.75) is 24.8 Å². The molecule has 1 saturated heterocycles. The largest absolute Gasteiger partial charge is 0.349 e. The molecule has 1 saturated carbocycles. The van der Waals surface area contributed by atoms with Crippen LogP contribution < -0.4 is 5.32 Å². The second-order valence-corrected chi connectivity index (χ2v) is 8.55. The van der Waals surface area contributed by atoms with Crippen molar-refractivity contribution in [3.05, 3.63) is 71.3 Å². The fourth-order valence-electron chi connectivity index (χ4n) is 4.67. The van der Waals surface area contributed by atoms with E-state index in [1.165, 1.54) is 30.3 Å². The van der Waals surface area contributed by atoms with Gasteiger partial charge in [0, 0.05) is 43.7 Å². The number of hydrogen-bond donors (Lipinski definition) is 1. The molecule has 7 heteroatoms. The van der Waals surface area contributed by atoms with Crippen LogP contribution in [0, 0.1) is 17.6 Å². The Hall–Kier alpha value is -2.80. The van der Waals surface area contributed by atoms with Gasteiger partial charge in [-0.3, -0.25) is 9.59 Å². The zero-order chi connectivity index (χ0) is 22.0. The third-order valence-corrected chi connectivity index (χ3v) is 6.41. The van der Waals surface area contributed by atoms with Gasteiger partial charge in [-0.15, -0.1) is 0 Å². The third-order valence-electron chi connectivity index (χ3n) is 6.41. The van der Waals surface area contributed by atoms with Crippen LogP contribution >= 0.6 is 0 Å². The van der Waals surface area contributed by atoms with Crippen LogP contribution in [-0.4, -0.2) is 60.9 Å². The molecule has 2 aromatic rings. The molecule has 2 fully saturated rings. The van der Waals surface area contributed by atoms with Gasteiger partial charge in [0.2, 0.25) is 5.91 Å². The molecule has 2 amide bonds.